The number of hydrogen-bond donors (Lipinski definition) is 3. The van der Waals surface area contributed by atoms with E-state index in [1.807, 2.05) is 0 Å². The minimum absolute atomic E-state index is 0.0531. The number of hydrogen-bond acceptors (Lipinski definition) is 5. The molecule has 1 aliphatic rings. The molecule has 0 saturated heterocycles. The van der Waals surface area contributed by atoms with Crippen LogP contribution in [0.2, 0.25) is 0 Å². The molecule has 2 rings (SSSR count). The summed E-state index contributed by atoms with van der Waals surface area (Å²) in [5.74, 6) is -2.94. The number of halogens is 1. The quantitative estimate of drug-likeness (QED) is 0.598. The second-order valence-corrected chi connectivity index (χ2v) is 7.31. The van der Waals surface area contributed by atoms with Gasteiger partial charge in [-0.15, -0.1) is 0 Å². The lowest BCUT2D eigenvalue weighted by Crippen LogP contribution is -2.47. The summed E-state index contributed by atoms with van der Waals surface area (Å²) in [7, 11) is 0. The van der Waals surface area contributed by atoms with Crippen molar-refractivity contribution in [2.45, 2.75) is 51.6 Å². The largest absolute Gasteiger partial charge is 0.454 e. The highest BCUT2D eigenvalue weighted by Gasteiger charge is 2.27. The van der Waals surface area contributed by atoms with Crippen molar-refractivity contribution < 1.29 is 28.3 Å². The summed E-state index contributed by atoms with van der Waals surface area (Å²) in [4.78, 5) is 48.1. The fourth-order valence-corrected chi connectivity index (χ4v) is 3.00. The minimum Gasteiger partial charge on any atom is -0.454 e. The average Bonchev–Trinajstić information content (AvgIpc) is 3.17. The third-order valence-corrected chi connectivity index (χ3v) is 4.60. The van der Waals surface area contributed by atoms with Gasteiger partial charge in [0, 0.05) is 11.6 Å². The van der Waals surface area contributed by atoms with Crippen molar-refractivity contribution in [1.29, 1.82) is 0 Å². The summed E-state index contributed by atoms with van der Waals surface area (Å²) in [6.45, 7) is 2.75. The Hall–Kier alpha value is -2.97. The molecule has 1 aromatic rings. The summed E-state index contributed by atoms with van der Waals surface area (Å²) in [6, 6.07) is 3.29. The first-order valence-electron chi connectivity index (χ1n) is 9.59. The van der Waals surface area contributed by atoms with Gasteiger partial charge in [-0.2, -0.15) is 0 Å². The van der Waals surface area contributed by atoms with E-state index in [9.17, 15) is 23.6 Å². The molecule has 0 bridgehead atoms. The van der Waals surface area contributed by atoms with Crippen LogP contribution < -0.4 is 16.0 Å². The Kier molecular flexibility index (Phi) is 8.11. The summed E-state index contributed by atoms with van der Waals surface area (Å²) in [5, 5.41) is 7.32. The van der Waals surface area contributed by atoms with Gasteiger partial charge in [-0.3, -0.25) is 14.9 Å². The topological polar surface area (TPSA) is 114 Å². The van der Waals surface area contributed by atoms with Crippen LogP contribution in [0.15, 0.2) is 24.3 Å². The van der Waals surface area contributed by atoms with Crippen molar-refractivity contribution in [2.24, 2.45) is 5.92 Å². The summed E-state index contributed by atoms with van der Waals surface area (Å²) in [5.41, 5.74) is 0.186. The maximum Gasteiger partial charge on any atom is 0.329 e. The molecule has 0 spiro atoms. The summed E-state index contributed by atoms with van der Waals surface area (Å²) in [6.07, 6.45) is 3.83. The zero-order valence-electron chi connectivity index (χ0n) is 16.5. The monoisotopic (exact) mass is 407 g/mol. The Morgan fingerprint density at radius 3 is 2.31 bits per heavy atom. The molecule has 1 atom stereocenters. The van der Waals surface area contributed by atoms with E-state index in [1.165, 1.54) is 12.1 Å². The molecule has 0 aliphatic heterocycles. The number of rotatable bonds is 7. The lowest BCUT2D eigenvalue weighted by atomic mass is 10.0. The van der Waals surface area contributed by atoms with Crippen molar-refractivity contribution >= 4 is 23.8 Å². The lowest BCUT2D eigenvalue weighted by molar-refractivity contribution is -0.151. The van der Waals surface area contributed by atoms with Gasteiger partial charge in [0.1, 0.15) is 11.9 Å². The van der Waals surface area contributed by atoms with E-state index in [2.05, 4.69) is 16.0 Å². The highest BCUT2D eigenvalue weighted by molar-refractivity contribution is 5.98. The van der Waals surface area contributed by atoms with Crippen molar-refractivity contribution in [3.05, 3.63) is 35.6 Å². The molecular formula is C20H26FN3O5. The van der Waals surface area contributed by atoms with E-state index in [0.29, 0.717) is 0 Å². The van der Waals surface area contributed by atoms with Gasteiger partial charge in [-0.1, -0.05) is 26.7 Å². The van der Waals surface area contributed by atoms with Gasteiger partial charge in [-0.05, 0) is 43.0 Å². The number of urea groups is 1. The lowest BCUT2D eigenvalue weighted by Gasteiger charge is -2.21. The molecule has 4 amide bonds. The number of amides is 4. The number of esters is 1. The van der Waals surface area contributed by atoms with Gasteiger partial charge in [0.25, 0.3) is 11.8 Å². The summed E-state index contributed by atoms with van der Waals surface area (Å²) >= 11 is 0. The van der Waals surface area contributed by atoms with Crippen molar-refractivity contribution in [3.8, 4) is 0 Å². The number of benzene rings is 1. The fourth-order valence-electron chi connectivity index (χ4n) is 3.00. The SMILES string of the molecule is CC(C)[C@H](NC(=O)c1ccc(F)cc1)C(=O)OCC(=O)NC(=O)NC1CCCC1. The molecule has 8 nitrogen and oxygen atoms in total. The first kappa shape index (κ1) is 22.3. The van der Waals surface area contributed by atoms with Crippen LogP contribution in [0.1, 0.15) is 49.9 Å². The second-order valence-electron chi connectivity index (χ2n) is 7.31. The van der Waals surface area contributed by atoms with Crippen LogP contribution in [0.25, 0.3) is 0 Å². The third kappa shape index (κ3) is 7.17. The molecule has 0 unspecified atom stereocenters. The highest BCUT2D eigenvalue weighted by Crippen LogP contribution is 2.17. The second kappa shape index (κ2) is 10.5. The van der Waals surface area contributed by atoms with Gasteiger partial charge in [0.05, 0.1) is 0 Å². The molecule has 1 fully saturated rings. The van der Waals surface area contributed by atoms with E-state index < -0.39 is 42.3 Å². The zero-order chi connectivity index (χ0) is 21.4. The predicted octanol–water partition coefficient (Wildman–Crippen LogP) is 1.89. The van der Waals surface area contributed by atoms with E-state index >= 15 is 0 Å². The molecule has 9 heteroatoms. The van der Waals surface area contributed by atoms with Crippen LogP contribution in [0.4, 0.5) is 9.18 Å². The molecule has 3 N–H and O–H groups in total. The van der Waals surface area contributed by atoms with Crippen molar-refractivity contribution in [2.75, 3.05) is 6.61 Å². The van der Waals surface area contributed by atoms with E-state index in [1.54, 1.807) is 13.8 Å². The maximum atomic E-state index is 13.0. The van der Waals surface area contributed by atoms with E-state index in [-0.39, 0.29) is 17.5 Å². The Labute approximate surface area is 168 Å². The van der Waals surface area contributed by atoms with Gasteiger partial charge >= 0.3 is 12.0 Å². The number of carbonyl (C=O) groups excluding carboxylic acids is 4. The van der Waals surface area contributed by atoms with Gasteiger partial charge in [0.15, 0.2) is 6.61 Å². The highest BCUT2D eigenvalue weighted by atomic mass is 19.1. The standard InChI is InChI=1S/C20H26FN3O5/c1-12(2)17(24-18(26)13-7-9-14(21)10-8-13)19(27)29-11-16(25)23-20(28)22-15-5-3-4-6-15/h7-10,12,15,17H,3-6,11H2,1-2H3,(H,24,26)(H2,22,23,25,28)/t17-/m0/s1. The predicted molar refractivity (Wildman–Crippen MR) is 102 cm³/mol. The van der Waals surface area contributed by atoms with Crippen LogP contribution >= 0.6 is 0 Å². The van der Waals surface area contributed by atoms with Crippen LogP contribution in [0.3, 0.4) is 0 Å². The number of nitrogens with one attached hydrogen (secondary N) is 3. The van der Waals surface area contributed by atoms with Gasteiger partial charge < -0.3 is 15.4 Å². The van der Waals surface area contributed by atoms with Crippen LogP contribution in [-0.4, -0.2) is 42.5 Å². The van der Waals surface area contributed by atoms with Crippen molar-refractivity contribution in [1.82, 2.24) is 16.0 Å². The Bertz CT molecular complexity index is 745. The van der Waals surface area contributed by atoms with Gasteiger partial charge in [0.2, 0.25) is 0 Å². The number of ether oxygens (including phenoxy) is 1. The normalized spacial score (nSPS) is 14.9. The maximum absolute atomic E-state index is 13.0. The molecule has 1 aliphatic carbocycles. The van der Waals surface area contributed by atoms with Crippen LogP contribution in [0.5, 0.6) is 0 Å². The van der Waals surface area contributed by atoms with Gasteiger partial charge in [-0.25, -0.2) is 14.0 Å². The fraction of sp³-hybridized carbons (Fsp3) is 0.500. The Balaban J connectivity index is 1.82. The first-order chi connectivity index (χ1) is 13.8. The number of imide groups is 1. The van der Waals surface area contributed by atoms with E-state index in [4.69, 9.17) is 4.74 Å². The van der Waals surface area contributed by atoms with E-state index in [0.717, 1.165) is 37.8 Å². The minimum atomic E-state index is -1.01. The van der Waals surface area contributed by atoms with Crippen molar-refractivity contribution in [3.63, 3.8) is 0 Å². The molecule has 0 heterocycles. The number of carbonyl (C=O) groups is 4. The Morgan fingerprint density at radius 2 is 1.72 bits per heavy atom. The average molecular weight is 407 g/mol. The van der Waals surface area contributed by atoms with Crippen LogP contribution in [-0.2, 0) is 14.3 Å². The third-order valence-electron chi connectivity index (χ3n) is 4.60. The molecule has 29 heavy (non-hydrogen) atoms. The molecule has 158 valence electrons. The first-order valence-corrected chi connectivity index (χ1v) is 9.59. The molecule has 0 radical (unpaired) electrons. The molecule has 1 saturated carbocycles. The molecule has 1 aromatic carbocycles. The Morgan fingerprint density at radius 1 is 1.10 bits per heavy atom. The summed E-state index contributed by atoms with van der Waals surface area (Å²) < 4.78 is 17.9. The zero-order valence-corrected chi connectivity index (χ0v) is 16.5. The smallest absolute Gasteiger partial charge is 0.329 e. The van der Waals surface area contributed by atoms with Crippen LogP contribution in [0, 0.1) is 11.7 Å². The molecule has 0 aromatic heterocycles. The molecular weight excluding hydrogens is 381 g/mol.